The lowest BCUT2D eigenvalue weighted by molar-refractivity contribution is -0.129. The van der Waals surface area contributed by atoms with E-state index in [4.69, 9.17) is 0 Å². The molecule has 1 aliphatic heterocycles. The van der Waals surface area contributed by atoms with Crippen LogP contribution in [0.2, 0.25) is 0 Å². The second kappa shape index (κ2) is 10.1. The molecule has 36 heavy (non-hydrogen) atoms. The number of nitrogens with one attached hydrogen (secondary N) is 1. The minimum Gasteiger partial charge on any atom is -0.344 e. The highest BCUT2D eigenvalue weighted by atomic mass is 32.2. The molecule has 1 aromatic heterocycles. The standard InChI is InChI=1S/C27H32FN3O4S/c1-27(2,3)21-9-8-18(14-22(21)28)15-24(32)26(19-10-12-36(34,35)13-11-19)30-25(33)17-31-23-7-5-4-6-20(23)16-29-31/h4-9,14,16,19,26H,10-13,15,17H2,1-3H3,(H,30,33)/t26-/m1/s1. The number of ketones is 1. The first-order valence-corrected chi connectivity index (χ1v) is 14.0. The molecule has 1 fully saturated rings. The van der Waals surface area contributed by atoms with Gasteiger partial charge in [-0.3, -0.25) is 14.3 Å². The zero-order valence-electron chi connectivity index (χ0n) is 20.8. The van der Waals surface area contributed by atoms with Gasteiger partial charge in [0.1, 0.15) is 22.2 Å². The van der Waals surface area contributed by atoms with Crippen LogP contribution in [-0.4, -0.2) is 47.4 Å². The monoisotopic (exact) mass is 513 g/mol. The molecule has 0 radical (unpaired) electrons. The minimum absolute atomic E-state index is 0.0178. The van der Waals surface area contributed by atoms with Crippen molar-refractivity contribution >= 4 is 32.4 Å². The Morgan fingerprint density at radius 3 is 2.50 bits per heavy atom. The Morgan fingerprint density at radius 2 is 1.83 bits per heavy atom. The number of carbonyl (C=O) groups excluding carboxylic acids is 2. The quantitative estimate of drug-likeness (QED) is 0.521. The molecule has 192 valence electrons. The number of nitrogens with zero attached hydrogens (tertiary/aromatic N) is 2. The number of sulfone groups is 1. The van der Waals surface area contributed by atoms with Gasteiger partial charge in [0, 0.05) is 11.8 Å². The summed E-state index contributed by atoms with van der Waals surface area (Å²) < 4.78 is 40.2. The molecule has 1 amide bonds. The maximum atomic E-state index is 14.7. The van der Waals surface area contributed by atoms with Gasteiger partial charge >= 0.3 is 0 Å². The number of aromatic nitrogens is 2. The van der Waals surface area contributed by atoms with Crippen LogP contribution in [0.1, 0.15) is 44.7 Å². The molecule has 7 nitrogen and oxygen atoms in total. The Labute approximate surface area is 211 Å². The topological polar surface area (TPSA) is 98.1 Å². The summed E-state index contributed by atoms with van der Waals surface area (Å²) in [6, 6.07) is 11.5. The van der Waals surface area contributed by atoms with E-state index >= 15 is 0 Å². The lowest BCUT2D eigenvalue weighted by Crippen LogP contribution is -2.49. The van der Waals surface area contributed by atoms with E-state index in [0.29, 0.717) is 24.0 Å². The number of carbonyl (C=O) groups is 2. The molecule has 2 heterocycles. The van der Waals surface area contributed by atoms with E-state index in [-0.39, 0.29) is 53.3 Å². The lowest BCUT2D eigenvalue weighted by Gasteiger charge is -2.30. The molecule has 2 aromatic carbocycles. The highest BCUT2D eigenvalue weighted by Gasteiger charge is 2.34. The molecule has 3 aromatic rings. The third-order valence-corrected chi connectivity index (χ3v) is 8.51. The molecule has 1 N–H and O–H groups in total. The van der Waals surface area contributed by atoms with Gasteiger partial charge in [-0.25, -0.2) is 12.8 Å². The fourth-order valence-electron chi connectivity index (χ4n) is 4.80. The summed E-state index contributed by atoms with van der Waals surface area (Å²) in [5, 5.41) is 8.02. The van der Waals surface area contributed by atoms with Crippen molar-refractivity contribution in [1.29, 1.82) is 0 Å². The van der Waals surface area contributed by atoms with E-state index < -0.39 is 15.9 Å². The van der Waals surface area contributed by atoms with Crippen LogP contribution in [0.3, 0.4) is 0 Å². The van der Waals surface area contributed by atoms with Crippen LogP contribution < -0.4 is 5.32 Å². The minimum atomic E-state index is -3.14. The summed E-state index contributed by atoms with van der Waals surface area (Å²) in [5.41, 5.74) is 1.51. The van der Waals surface area contributed by atoms with Crippen molar-refractivity contribution in [3.05, 3.63) is 65.6 Å². The van der Waals surface area contributed by atoms with E-state index in [9.17, 15) is 22.4 Å². The van der Waals surface area contributed by atoms with Crippen LogP contribution in [0.5, 0.6) is 0 Å². The smallest absolute Gasteiger partial charge is 0.242 e. The number of para-hydroxylation sites is 1. The number of Topliss-reactive ketones (excluding diaryl/α,β-unsaturated/α-hetero) is 1. The van der Waals surface area contributed by atoms with E-state index in [1.165, 1.54) is 6.07 Å². The van der Waals surface area contributed by atoms with Gasteiger partial charge in [-0.15, -0.1) is 0 Å². The molecule has 9 heteroatoms. The van der Waals surface area contributed by atoms with Crippen molar-refractivity contribution in [3.8, 4) is 0 Å². The Morgan fingerprint density at radius 1 is 1.14 bits per heavy atom. The van der Waals surface area contributed by atoms with Gasteiger partial charge in [0.15, 0.2) is 5.78 Å². The van der Waals surface area contributed by atoms with Gasteiger partial charge in [-0.05, 0) is 47.4 Å². The van der Waals surface area contributed by atoms with E-state index in [1.54, 1.807) is 23.0 Å². The second-order valence-electron chi connectivity index (χ2n) is 10.6. The fraction of sp³-hybridized carbons (Fsp3) is 0.444. The van der Waals surface area contributed by atoms with Crippen LogP contribution in [-0.2, 0) is 37.8 Å². The van der Waals surface area contributed by atoms with Crippen LogP contribution in [0, 0.1) is 11.7 Å². The average Bonchev–Trinajstić information content (AvgIpc) is 3.19. The molecule has 1 atom stereocenters. The molecule has 0 bridgehead atoms. The van der Waals surface area contributed by atoms with E-state index in [0.717, 1.165) is 10.9 Å². The largest absolute Gasteiger partial charge is 0.344 e. The van der Waals surface area contributed by atoms with Gasteiger partial charge in [0.05, 0.1) is 29.3 Å². The van der Waals surface area contributed by atoms with Gasteiger partial charge in [-0.1, -0.05) is 51.1 Å². The molecule has 0 spiro atoms. The van der Waals surface area contributed by atoms with Crippen LogP contribution in [0.4, 0.5) is 4.39 Å². The predicted molar refractivity (Wildman–Crippen MR) is 137 cm³/mol. The first kappa shape index (κ1) is 26.0. The van der Waals surface area contributed by atoms with Crippen LogP contribution in [0.15, 0.2) is 48.7 Å². The summed E-state index contributed by atoms with van der Waals surface area (Å²) in [4.78, 5) is 26.4. The molecule has 0 unspecified atom stereocenters. The number of fused-ring (bicyclic) bond motifs is 1. The normalized spacial score (nSPS) is 17.1. The first-order valence-electron chi connectivity index (χ1n) is 12.1. The molecule has 0 aliphatic carbocycles. The maximum absolute atomic E-state index is 14.7. The highest BCUT2D eigenvalue weighted by molar-refractivity contribution is 7.91. The predicted octanol–water partition coefficient (Wildman–Crippen LogP) is 3.59. The Balaban J connectivity index is 1.52. The zero-order chi connectivity index (χ0) is 26.1. The summed E-state index contributed by atoms with van der Waals surface area (Å²) >= 11 is 0. The highest BCUT2D eigenvalue weighted by Crippen LogP contribution is 2.27. The molecular weight excluding hydrogens is 481 g/mol. The van der Waals surface area contributed by atoms with E-state index in [2.05, 4.69) is 10.4 Å². The third-order valence-electron chi connectivity index (χ3n) is 6.80. The number of hydrogen-bond donors (Lipinski definition) is 1. The summed E-state index contributed by atoms with van der Waals surface area (Å²) in [7, 11) is -3.14. The third kappa shape index (κ3) is 6.00. The van der Waals surface area contributed by atoms with Crippen molar-refractivity contribution in [3.63, 3.8) is 0 Å². The fourth-order valence-corrected chi connectivity index (χ4v) is 6.33. The molecule has 0 saturated carbocycles. The summed E-state index contributed by atoms with van der Waals surface area (Å²) in [6.07, 6.45) is 2.20. The Bertz CT molecular complexity index is 1380. The van der Waals surface area contributed by atoms with Crippen molar-refractivity contribution in [2.24, 2.45) is 5.92 Å². The SMILES string of the molecule is CC(C)(C)c1ccc(CC(=O)[C@H](NC(=O)Cn2ncc3ccccc32)C2CCS(=O)(=O)CC2)cc1F. The van der Waals surface area contributed by atoms with Crippen molar-refractivity contribution in [1.82, 2.24) is 15.1 Å². The van der Waals surface area contributed by atoms with Gasteiger partial charge in [0.2, 0.25) is 5.91 Å². The van der Waals surface area contributed by atoms with Gasteiger partial charge in [-0.2, -0.15) is 5.10 Å². The van der Waals surface area contributed by atoms with Crippen LogP contribution in [0.25, 0.3) is 10.9 Å². The van der Waals surface area contributed by atoms with Gasteiger partial charge in [0.25, 0.3) is 0 Å². The van der Waals surface area contributed by atoms with Crippen molar-refractivity contribution in [2.45, 2.75) is 58.0 Å². The van der Waals surface area contributed by atoms with Gasteiger partial charge < -0.3 is 5.32 Å². The Hall–Kier alpha value is -3.07. The average molecular weight is 514 g/mol. The number of hydrogen-bond acceptors (Lipinski definition) is 5. The zero-order valence-corrected chi connectivity index (χ0v) is 21.6. The first-order chi connectivity index (χ1) is 16.9. The number of amides is 1. The number of benzene rings is 2. The molecule has 4 rings (SSSR count). The Kier molecular flexibility index (Phi) is 7.31. The summed E-state index contributed by atoms with van der Waals surface area (Å²) in [5.74, 6) is -1.36. The van der Waals surface area contributed by atoms with Crippen LogP contribution >= 0.6 is 0 Å². The molecular formula is C27H32FN3O4S. The number of rotatable bonds is 7. The molecule has 1 aliphatic rings. The molecule has 1 saturated heterocycles. The number of halogens is 1. The van der Waals surface area contributed by atoms with Crippen molar-refractivity contribution in [2.75, 3.05) is 11.5 Å². The maximum Gasteiger partial charge on any atom is 0.242 e. The van der Waals surface area contributed by atoms with E-state index in [1.807, 2.05) is 45.0 Å². The summed E-state index contributed by atoms with van der Waals surface area (Å²) in [6.45, 7) is 5.68. The lowest BCUT2D eigenvalue weighted by atomic mass is 9.85. The second-order valence-corrected chi connectivity index (χ2v) is 12.9. The van der Waals surface area contributed by atoms with Crippen molar-refractivity contribution < 1.29 is 22.4 Å².